The molecular formula is C12H10F5NO. The predicted octanol–water partition coefficient (Wildman–Crippen LogP) is 3.31. The second-order valence-electron chi connectivity index (χ2n) is 4.56. The van der Waals surface area contributed by atoms with Gasteiger partial charge in [0.2, 0.25) is 5.91 Å². The first-order valence-electron chi connectivity index (χ1n) is 5.52. The Morgan fingerprint density at radius 1 is 1.05 bits per heavy atom. The molecule has 0 bridgehead atoms. The van der Waals surface area contributed by atoms with E-state index in [1.54, 1.807) is 0 Å². The van der Waals surface area contributed by atoms with Gasteiger partial charge in [-0.2, -0.15) is 13.2 Å². The smallest absolute Gasteiger partial charge is 0.366 e. The number of carbonyl (C=O) groups is 1. The maximum absolute atomic E-state index is 13.8. The molecule has 2 nitrogen and oxygen atoms in total. The van der Waals surface area contributed by atoms with E-state index in [2.05, 4.69) is 0 Å². The van der Waals surface area contributed by atoms with Crippen molar-refractivity contribution in [1.29, 1.82) is 0 Å². The number of benzene rings is 1. The number of alkyl halides is 5. The van der Waals surface area contributed by atoms with Crippen LogP contribution >= 0.6 is 0 Å². The van der Waals surface area contributed by atoms with Gasteiger partial charge in [-0.3, -0.25) is 4.79 Å². The second-order valence-corrected chi connectivity index (χ2v) is 4.56. The maximum Gasteiger partial charge on any atom is 0.416 e. The molecule has 7 heteroatoms. The van der Waals surface area contributed by atoms with Gasteiger partial charge in [-0.05, 0) is 31.0 Å². The summed E-state index contributed by atoms with van der Waals surface area (Å²) < 4.78 is 65.5. The number of hydrogen-bond acceptors (Lipinski definition) is 1. The van der Waals surface area contributed by atoms with Crippen molar-refractivity contribution in [2.75, 3.05) is 0 Å². The predicted molar refractivity (Wildman–Crippen MR) is 56.6 cm³/mol. The molecule has 1 aromatic rings. The molecule has 0 aromatic heterocycles. The summed E-state index contributed by atoms with van der Waals surface area (Å²) in [6.45, 7) is 0. The van der Waals surface area contributed by atoms with E-state index in [0.717, 1.165) is 6.07 Å². The highest BCUT2D eigenvalue weighted by Gasteiger charge is 2.49. The molecule has 0 aliphatic heterocycles. The molecule has 1 aromatic carbocycles. The quantitative estimate of drug-likeness (QED) is 0.847. The molecule has 0 heterocycles. The van der Waals surface area contributed by atoms with Crippen molar-refractivity contribution in [3.8, 4) is 0 Å². The second kappa shape index (κ2) is 4.18. The van der Waals surface area contributed by atoms with Crippen molar-refractivity contribution in [2.45, 2.75) is 24.9 Å². The lowest BCUT2D eigenvalue weighted by molar-refractivity contribution is -0.137. The molecule has 2 rings (SSSR count). The van der Waals surface area contributed by atoms with E-state index >= 15 is 0 Å². The molecule has 19 heavy (non-hydrogen) atoms. The lowest BCUT2D eigenvalue weighted by Gasteiger charge is -2.18. The Balaban J connectivity index is 2.54. The van der Waals surface area contributed by atoms with Crippen LogP contribution in [0, 0.1) is 5.92 Å². The summed E-state index contributed by atoms with van der Waals surface area (Å²) in [5.74, 6) is -5.50. The zero-order valence-electron chi connectivity index (χ0n) is 9.60. The Morgan fingerprint density at radius 3 is 2.00 bits per heavy atom. The highest BCUT2D eigenvalue weighted by molar-refractivity contribution is 5.93. The monoisotopic (exact) mass is 279 g/mol. The summed E-state index contributed by atoms with van der Waals surface area (Å²) in [5, 5.41) is 0. The van der Waals surface area contributed by atoms with Crippen molar-refractivity contribution in [2.24, 2.45) is 11.7 Å². The summed E-state index contributed by atoms with van der Waals surface area (Å²) in [6.07, 6.45) is -4.29. The molecule has 0 spiro atoms. The number of halogens is 5. The van der Waals surface area contributed by atoms with E-state index < -0.39 is 40.6 Å². The van der Waals surface area contributed by atoms with Crippen molar-refractivity contribution in [3.63, 3.8) is 0 Å². The summed E-state index contributed by atoms with van der Waals surface area (Å²) in [6, 6.07) is 1.59. The van der Waals surface area contributed by atoms with E-state index in [1.807, 2.05) is 0 Å². The highest BCUT2D eigenvalue weighted by Crippen LogP contribution is 2.50. The molecule has 1 saturated carbocycles. The molecule has 1 fully saturated rings. The van der Waals surface area contributed by atoms with Crippen LogP contribution in [-0.2, 0) is 12.1 Å². The first kappa shape index (κ1) is 13.8. The third-order valence-electron chi connectivity index (χ3n) is 3.02. The number of rotatable bonds is 3. The summed E-state index contributed by atoms with van der Waals surface area (Å²) in [4.78, 5) is 11.0. The van der Waals surface area contributed by atoms with Gasteiger partial charge in [-0.15, -0.1) is 0 Å². The fourth-order valence-electron chi connectivity index (χ4n) is 1.81. The SMILES string of the molecule is NC(=O)c1cc(C(F)(F)F)cc(C(F)(F)C2CC2)c1. The molecule has 1 amide bonds. The van der Waals surface area contributed by atoms with Crippen LogP contribution in [0.4, 0.5) is 22.0 Å². The minimum atomic E-state index is -4.81. The maximum atomic E-state index is 13.8. The number of nitrogens with two attached hydrogens (primary N) is 1. The van der Waals surface area contributed by atoms with Gasteiger partial charge in [0.1, 0.15) is 0 Å². The van der Waals surface area contributed by atoms with Gasteiger partial charge in [0.05, 0.1) is 5.56 Å². The Bertz CT molecular complexity index is 519. The number of amides is 1. The zero-order chi connectivity index (χ0) is 14.4. The first-order chi connectivity index (χ1) is 8.62. The van der Waals surface area contributed by atoms with Gasteiger partial charge in [-0.25, -0.2) is 8.78 Å². The Hall–Kier alpha value is -1.66. The van der Waals surface area contributed by atoms with Crippen molar-refractivity contribution >= 4 is 5.91 Å². The minimum absolute atomic E-state index is 0.259. The third-order valence-corrected chi connectivity index (χ3v) is 3.02. The minimum Gasteiger partial charge on any atom is -0.366 e. The molecule has 0 atom stereocenters. The number of carbonyl (C=O) groups excluding carboxylic acids is 1. The molecule has 0 unspecified atom stereocenters. The molecule has 1 aliphatic carbocycles. The van der Waals surface area contributed by atoms with Gasteiger partial charge in [0.15, 0.2) is 0 Å². The highest BCUT2D eigenvalue weighted by atomic mass is 19.4. The van der Waals surface area contributed by atoms with Gasteiger partial charge >= 0.3 is 6.18 Å². The van der Waals surface area contributed by atoms with Gasteiger partial charge in [-0.1, -0.05) is 0 Å². The molecule has 0 radical (unpaired) electrons. The Kier molecular flexibility index (Phi) is 3.03. The van der Waals surface area contributed by atoms with Crippen LogP contribution in [0.1, 0.15) is 34.3 Å². The van der Waals surface area contributed by atoms with Crippen LogP contribution < -0.4 is 5.73 Å². The largest absolute Gasteiger partial charge is 0.416 e. The summed E-state index contributed by atoms with van der Waals surface area (Å²) in [7, 11) is 0. The van der Waals surface area contributed by atoms with Crippen LogP contribution in [0.15, 0.2) is 18.2 Å². The zero-order valence-corrected chi connectivity index (χ0v) is 9.60. The van der Waals surface area contributed by atoms with Gasteiger partial charge < -0.3 is 5.73 Å². The van der Waals surface area contributed by atoms with Crippen molar-refractivity contribution < 1.29 is 26.7 Å². The lowest BCUT2D eigenvalue weighted by atomic mass is 9.98. The Morgan fingerprint density at radius 2 is 1.58 bits per heavy atom. The molecule has 104 valence electrons. The molecule has 0 saturated heterocycles. The molecular weight excluding hydrogens is 269 g/mol. The van der Waals surface area contributed by atoms with Crippen LogP contribution in [0.3, 0.4) is 0 Å². The van der Waals surface area contributed by atoms with E-state index in [4.69, 9.17) is 5.73 Å². The number of hydrogen-bond donors (Lipinski definition) is 1. The molecule has 2 N–H and O–H groups in total. The first-order valence-corrected chi connectivity index (χ1v) is 5.52. The standard InChI is InChI=1S/C12H10F5NO/c13-11(14,7-1-2-7)8-3-6(10(18)19)4-9(5-8)12(15,16)17/h3-5,7H,1-2H2,(H2,18,19). The van der Waals surface area contributed by atoms with E-state index in [0.29, 0.717) is 12.1 Å². The van der Waals surface area contributed by atoms with E-state index in [9.17, 15) is 26.7 Å². The number of primary amides is 1. The Labute approximate surface area is 105 Å². The van der Waals surface area contributed by atoms with Crippen LogP contribution in [0.5, 0.6) is 0 Å². The van der Waals surface area contributed by atoms with Crippen LogP contribution in [0.25, 0.3) is 0 Å². The van der Waals surface area contributed by atoms with E-state index in [1.165, 1.54) is 0 Å². The molecule has 1 aliphatic rings. The fraction of sp³-hybridized carbons (Fsp3) is 0.417. The van der Waals surface area contributed by atoms with Crippen molar-refractivity contribution in [3.05, 3.63) is 34.9 Å². The fourth-order valence-corrected chi connectivity index (χ4v) is 1.81. The topological polar surface area (TPSA) is 43.1 Å². The summed E-state index contributed by atoms with van der Waals surface area (Å²) >= 11 is 0. The van der Waals surface area contributed by atoms with Gasteiger partial charge in [0, 0.05) is 17.0 Å². The summed E-state index contributed by atoms with van der Waals surface area (Å²) in [5.41, 5.74) is 2.21. The average Bonchev–Trinajstić information content (AvgIpc) is 3.11. The normalized spacial score (nSPS) is 16.5. The van der Waals surface area contributed by atoms with Crippen LogP contribution in [-0.4, -0.2) is 5.91 Å². The van der Waals surface area contributed by atoms with Crippen LogP contribution in [0.2, 0.25) is 0 Å². The van der Waals surface area contributed by atoms with Gasteiger partial charge in [0.25, 0.3) is 5.92 Å². The third kappa shape index (κ3) is 2.69. The average molecular weight is 279 g/mol. The van der Waals surface area contributed by atoms with Crippen molar-refractivity contribution in [1.82, 2.24) is 0 Å². The van der Waals surface area contributed by atoms with E-state index in [-0.39, 0.29) is 12.8 Å². The lowest BCUT2D eigenvalue weighted by Crippen LogP contribution is -2.20.